The summed E-state index contributed by atoms with van der Waals surface area (Å²) >= 11 is 0. The van der Waals surface area contributed by atoms with Crippen molar-refractivity contribution in [3.05, 3.63) is 54.4 Å². The summed E-state index contributed by atoms with van der Waals surface area (Å²) < 4.78 is 0. The standard InChI is InChI=1S/C16H16N4O/c1-2-15-19-13-9-8-12(10-14(13)20-15)18-16(21)17-11-6-4-3-5-7-11/h3-10H,2H2,1H3,(H,19,20)(H2,17,18,21). The molecule has 0 atom stereocenters. The molecule has 2 amide bonds. The number of amides is 2. The molecule has 0 saturated carbocycles. The third kappa shape index (κ3) is 3.02. The fraction of sp³-hybridized carbons (Fsp3) is 0.125. The number of aryl methyl sites for hydroxylation is 1. The number of carbonyl (C=O) groups excluding carboxylic acids is 1. The van der Waals surface area contributed by atoms with Gasteiger partial charge in [-0.1, -0.05) is 25.1 Å². The molecule has 0 radical (unpaired) electrons. The van der Waals surface area contributed by atoms with Crippen LogP contribution in [0.15, 0.2) is 48.5 Å². The van der Waals surface area contributed by atoms with Gasteiger partial charge in [0.15, 0.2) is 0 Å². The second kappa shape index (κ2) is 5.66. The van der Waals surface area contributed by atoms with E-state index in [1.165, 1.54) is 0 Å². The lowest BCUT2D eigenvalue weighted by Gasteiger charge is -2.07. The summed E-state index contributed by atoms with van der Waals surface area (Å²) in [6.45, 7) is 2.05. The molecule has 0 aliphatic rings. The average molecular weight is 280 g/mol. The zero-order valence-electron chi connectivity index (χ0n) is 11.7. The van der Waals surface area contributed by atoms with E-state index in [2.05, 4.69) is 20.6 Å². The van der Waals surface area contributed by atoms with Crippen molar-refractivity contribution in [1.82, 2.24) is 9.97 Å². The van der Waals surface area contributed by atoms with Gasteiger partial charge in [0.25, 0.3) is 0 Å². The Bertz CT molecular complexity index is 764. The summed E-state index contributed by atoms with van der Waals surface area (Å²) in [5.41, 5.74) is 3.30. The second-order valence-electron chi connectivity index (χ2n) is 4.71. The number of rotatable bonds is 3. The smallest absolute Gasteiger partial charge is 0.323 e. The number of nitrogens with one attached hydrogen (secondary N) is 3. The Balaban J connectivity index is 1.73. The predicted octanol–water partition coefficient (Wildman–Crippen LogP) is 3.77. The first-order valence-corrected chi connectivity index (χ1v) is 6.86. The highest BCUT2D eigenvalue weighted by Crippen LogP contribution is 2.18. The Morgan fingerprint density at radius 2 is 1.86 bits per heavy atom. The van der Waals surface area contributed by atoms with E-state index in [9.17, 15) is 4.79 Å². The average Bonchev–Trinajstić information content (AvgIpc) is 2.90. The first kappa shape index (κ1) is 13.2. The summed E-state index contributed by atoms with van der Waals surface area (Å²) in [5, 5.41) is 5.59. The number of aromatic amines is 1. The van der Waals surface area contributed by atoms with E-state index in [1.54, 1.807) is 0 Å². The molecule has 5 heteroatoms. The molecule has 21 heavy (non-hydrogen) atoms. The minimum Gasteiger partial charge on any atom is -0.342 e. The summed E-state index contributed by atoms with van der Waals surface area (Å²) in [5.74, 6) is 0.941. The summed E-state index contributed by atoms with van der Waals surface area (Å²) in [6.07, 6.45) is 0.853. The number of carbonyl (C=O) groups is 1. The van der Waals surface area contributed by atoms with Crippen LogP contribution < -0.4 is 10.6 Å². The lowest BCUT2D eigenvalue weighted by atomic mass is 10.3. The maximum atomic E-state index is 11.9. The highest BCUT2D eigenvalue weighted by molar-refractivity contribution is 6.00. The van der Waals surface area contributed by atoms with Gasteiger partial charge >= 0.3 is 6.03 Å². The molecule has 3 aromatic rings. The van der Waals surface area contributed by atoms with Crippen LogP contribution >= 0.6 is 0 Å². The maximum absolute atomic E-state index is 11.9. The molecule has 106 valence electrons. The number of urea groups is 1. The van der Waals surface area contributed by atoms with Crippen molar-refractivity contribution in [2.24, 2.45) is 0 Å². The molecule has 2 aromatic carbocycles. The number of nitrogens with zero attached hydrogens (tertiary/aromatic N) is 1. The van der Waals surface area contributed by atoms with Gasteiger partial charge in [-0.15, -0.1) is 0 Å². The molecule has 3 N–H and O–H groups in total. The van der Waals surface area contributed by atoms with E-state index in [4.69, 9.17) is 0 Å². The van der Waals surface area contributed by atoms with Crippen LogP contribution in [-0.2, 0) is 6.42 Å². The van der Waals surface area contributed by atoms with Crippen LogP contribution in [0.25, 0.3) is 11.0 Å². The zero-order chi connectivity index (χ0) is 14.7. The van der Waals surface area contributed by atoms with Gasteiger partial charge in [0, 0.05) is 17.8 Å². The van der Waals surface area contributed by atoms with Crippen molar-refractivity contribution >= 4 is 28.4 Å². The van der Waals surface area contributed by atoms with E-state index in [0.717, 1.165) is 34.7 Å². The predicted molar refractivity (Wildman–Crippen MR) is 84.6 cm³/mol. The van der Waals surface area contributed by atoms with Gasteiger partial charge in [-0.2, -0.15) is 0 Å². The number of aromatic nitrogens is 2. The number of hydrogen-bond acceptors (Lipinski definition) is 2. The Labute approximate surface area is 122 Å². The normalized spacial score (nSPS) is 10.5. The van der Waals surface area contributed by atoms with Gasteiger partial charge in [0.1, 0.15) is 5.82 Å². The molecule has 0 aliphatic heterocycles. The Kier molecular flexibility index (Phi) is 3.55. The molecule has 0 bridgehead atoms. The molecule has 1 heterocycles. The van der Waals surface area contributed by atoms with Gasteiger partial charge in [-0.3, -0.25) is 0 Å². The van der Waals surface area contributed by atoms with E-state index in [-0.39, 0.29) is 6.03 Å². The molecular formula is C16H16N4O. The van der Waals surface area contributed by atoms with Crippen LogP contribution in [0.4, 0.5) is 16.2 Å². The van der Waals surface area contributed by atoms with Crippen LogP contribution in [0.3, 0.4) is 0 Å². The summed E-state index contributed by atoms with van der Waals surface area (Å²) in [6, 6.07) is 14.7. The molecule has 1 aromatic heterocycles. The van der Waals surface area contributed by atoms with Crippen molar-refractivity contribution in [1.29, 1.82) is 0 Å². The lowest BCUT2D eigenvalue weighted by molar-refractivity contribution is 0.262. The monoisotopic (exact) mass is 280 g/mol. The quantitative estimate of drug-likeness (QED) is 0.683. The Hall–Kier alpha value is -2.82. The Morgan fingerprint density at radius 3 is 2.62 bits per heavy atom. The SMILES string of the molecule is CCc1nc2ccc(NC(=O)Nc3ccccc3)cc2[nH]1. The van der Waals surface area contributed by atoms with Crippen molar-refractivity contribution in [3.63, 3.8) is 0 Å². The van der Waals surface area contributed by atoms with Crippen LogP contribution in [0.5, 0.6) is 0 Å². The van der Waals surface area contributed by atoms with Crippen LogP contribution in [0.1, 0.15) is 12.7 Å². The molecule has 0 spiro atoms. The highest BCUT2D eigenvalue weighted by Gasteiger charge is 2.05. The van der Waals surface area contributed by atoms with Crippen LogP contribution in [-0.4, -0.2) is 16.0 Å². The van der Waals surface area contributed by atoms with Gasteiger partial charge in [-0.05, 0) is 30.3 Å². The fourth-order valence-electron chi connectivity index (χ4n) is 2.12. The molecule has 0 fully saturated rings. The number of para-hydroxylation sites is 1. The molecular weight excluding hydrogens is 264 g/mol. The minimum atomic E-state index is -0.268. The number of benzene rings is 2. The third-order valence-corrected chi connectivity index (χ3v) is 3.16. The van der Waals surface area contributed by atoms with Crippen molar-refractivity contribution in [2.45, 2.75) is 13.3 Å². The van der Waals surface area contributed by atoms with Gasteiger partial charge in [0.2, 0.25) is 0 Å². The molecule has 0 aliphatic carbocycles. The fourth-order valence-corrected chi connectivity index (χ4v) is 2.12. The first-order chi connectivity index (χ1) is 10.2. The van der Waals surface area contributed by atoms with Gasteiger partial charge in [-0.25, -0.2) is 9.78 Å². The number of anilines is 2. The number of fused-ring (bicyclic) bond motifs is 1. The van der Waals surface area contributed by atoms with E-state index >= 15 is 0 Å². The minimum absolute atomic E-state index is 0.268. The number of hydrogen-bond donors (Lipinski definition) is 3. The Morgan fingerprint density at radius 1 is 1.10 bits per heavy atom. The van der Waals surface area contributed by atoms with Crippen LogP contribution in [0, 0.1) is 0 Å². The van der Waals surface area contributed by atoms with Gasteiger partial charge in [0.05, 0.1) is 11.0 Å². The van der Waals surface area contributed by atoms with Crippen molar-refractivity contribution in [2.75, 3.05) is 10.6 Å². The van der Waals surface area contributed by atoms with Crippen molar-refractivity contribution < 1.29 is 4.79 Å². The highest BCUT2D eigenvalue weighted by atomic mass is 16.2. The molecule has 0 saturated heterocycles. The van der Waals surface area contributed by atoms with Gasteiger partial charge < -0.3 is 15.6 Å². The van der Waals surface area contributed by atoms with Crippen LogP contribution in [0.2, 0.25) is 0 Å². The topological polar surface area (TPSA) is 69.8 Å². The van der Waals surface area contributed by atoms with E-state index < -0.39 is 0 Å². The molecule has 5 nitrogen and oxygen atoms in total. The lowest BCUT2D eigenvalue weighted by Crippen LogP contribution is -2.19. The van der Waals surface area contributed by atoms with E-state index in [1.807, 2.05) is 55.5 Å². The number of imidazole rings is 1. The second-order valence-corrected chi connectivity index (χ2v) is 4.71. The molecule has 3 rings (SSSR count). The third-order valence-electron chi connectivity index (χ3n) is 3.16. The zero-order valence-corrected chi connectivity index (χ0v) is 11.7. The van der Waals surface area contributed by atoms with E-state index in [0.29, 0.717) is 0 Å². The summed E-state index contributed by atoms with van der Waals surface area (Å²) in [7, 11) is 0. The van der Waals surface area contributed by atoms with Crippen molar-refractivity contribution in [3.8, 4) is 0 Å². The largest absolute Gasteiger partial charge is 0.342 e. The summed E-state index contributed by atoms with van der Waals surface area (Å²) in [4.78, 5) is 19.6. The first-order valence-electron chi connectivity index (χ1n) is 6.86. The maximum Gasteiger partial charge on any atom is 0.323 e. The number of H-pyrrole nitrogens is 1. The molecule has 0 unspecified atom stereocenters.